The summed E-state index contributed by atoms with van der Waals surface area (Å²) in [6, 6.07) is 1.36. The fraction of sp³-hybridized carbons (Fsp3) is 0.818. The summed E-state index contributed by atoms with van der Waals surface area (Å²) < 4.78 is 0. The second-order valence-electron chi connectivity index (χ2n) is 3.71. The molecule has 0 N–H and O–H groups in total. The minimum Gasteiger partial charge on any atom is -0.130 e. The molecule has 0 aliphatic carbocycles. The van der Waals surface area contributed by atoms with Gasteiger partial charge in [0.1, 0.15) is 0 Å². The van der Waals surface area contributed by atoms with E-state index in [1.807, 2.05) is 0 Å². The summed E-state index contributed by atoms with van der Waals surface area (Å²) in [7, 11) is -0.722. The Bertz CT molecular complexity index is 115. The molecule has 0 spiro atoms. The van der Waals surface area contributed by atoms with Gasteiger partial charge in [-0.25, -0.2) is 0 Å². The van der Waals surface area contributed by atoms with Gasteiger partial charge in [-0.2, -0.15) is 0 Å². The molecule has 13 heavy (non-hydrogen) atoms. The van der Waals surface area contributed by atoms with Crippen LogP contribution in [0.25, 0.3) is 0 Å². The highest BCUT2D eigenvalue weighted by Crippen LogP contribution is 2.09. The van der Waals surface area contributed by atoms with Crippen molar-refractivity contribution in [2.24, 2.45) is 0 Å². The molecule has 0 saturated heterocycles. The molecule has 0 amide bonds. The van der Waals surface area contributed by atoms with Gasteiger partial charge in [0.15, 0.2) is 0 Å². The topological polar surface area (TPSA) is 0 Å². The number of hydrogen-bond acceptors (Lipinski definition) is 0. The van der Waals surface area contributed by atoms with Crippen LogP contribution >= 0.6 is 11.6 Å². The van der Waals surface area contributed by atoms with Crippen molar-refractivity contribution in [3.05, 3.63) is 12.3 Å². The Balaban J connectivity index is 3.10. The Kier molecular flexibility index (Phi) is 10.5. The Labute approximate surface area is 90.0 Å². The first-order valence-corrected chi connectivity index (χ1v) is 8.37. The van der Waals surface area contributed by atoms with E-state index in [0.717, 1.165) is 5.50 Å². The van der Waals surface area contributed by atoms with Crippen molar-refractivity contribution >= 4 is 20.4 Å². The van der Waals surface area contributed by atoms with E-state index in [4.69, 9.17) is 11.6 Å². The number of halogens is 1. The van der Waals surface area contributed by atoms with Gasteiger partial charge >= 0.3 is 0 Å². The van der Waals surface area contributed by atoms with Crippen LogP contribution in [0.15, 0.2) is 12.3 Å². The number of hydrogen-bond donors (Lipinski definition) is 0. The summed E-state index contributed by atoms with van der Waals surface area (Å²) >= 11 is 5.82. The van der Waals surface area contributed by atoms with E-state index in [1.54, 1.807) is 0 Å². The van der Waals surface area contributed by atoms with Gasteiger partial charge in [0.2, 0.25) is 0 Å². The van der Waals surface area contributed by atoms with Gasteiger partial charge in [-0.05, 0) is 0 Å². The van der Waals surface area contributed by atoms with Crippen molar-refractivity contribution in [3.63, 3.8) is 0 Å². The van der Waals surface area contributed by atoms with Gasteiger partial charge in [-0.3, -0.25) is 0 Å². The normalized spacial score (nSPS) is 12.8. The smallest absolute Gasteiger partial charge is 0.0768 e. The van der Waals surface area contributed by atoms with Gasteiger partial charge in [0.25, 0.3) is 0 Å². The molecule has 0 aliphatic rings. The lowest BCUT2D eigenvalue weighted by Crippen LogP contribution is -2.10. The molecule has 0 heterocycles. The standard InChI is InChI=1S/C11H23ClSi/c1-3-5-6-7-8-9-10-13(4-2)11-12/h4,13H,2-3,5-11H2,1H3. The average Bonchev–Trinajstić information content (AvgIpc) is 2.17. The van der Waals surface area contributed by atoms with Crippen LogP contribution in [-0.2, 0) is 0 Å². The molecule has 1 unspecified atom stereocenters. The molecule has 0 nitrogen and oxygen atoms in total. The largest absolute Gasteiger partial charge is 0.130 e. The van der Waals surface area contributed by atoms with E-state index in [9.17, 15) is 0 Å². The zero-order valence-corrected chi connectivity index (χ0v) is 10.8. The molecule has 0 rings (SSSR count). The third kappa shape index (κ3) is 8.57. The highest BCUT2D eigenvalue weighted by atomic mass is 35.5. The van der Waals surface area contributed by atoms with Crippen LogP contribution in [0.2, 0.25) is 6.04 Å². The monoisotopic (exact) mass is 218 g/mol. The second kappa shape index (κ2) is 10.3. The summed E-state index contributed by atoms with van der Waals surface area (Å²) in [5, 5.41) is 0. The summed E-state index contributed by atoms with van der Waals surface area (Å²) in [6.45, 7) is 6.10. The van der Waals surface area contributed by atoms with Crippen molar-refractivity contribution in [2.45, 2.75) is 51.5 Å². The third-order valence-corrected chi connectivity index (χ3v) is 5.86. The van der Waals surface area contributed by atoms with Crippen LogP contribution in [-0.4, -0.2) is 14.3 Å². The minimum atomic E-state index is -0.722. The van der Waals surface area contributed by atoms with E-state index < -0.39 is 8.80 Å². The van der Waals surface area contributed by atoms with Crippen LogP contribution in [0.4, 0.5) is 0 Å². The Hall–Kier alpha value is 0.247. The summed E-state index contributed by atoms with van der Waals surface area (Å²) in [5.74, 6) is 0. The summed E-state index contributed by atoms with van der Waals surface area (Å²) in [6.07, 6.45) is 8.34. The van der Waals surface area contributed by atoms with E-state index >= 15 is 0 Å². The Morgan fingerprint density at radius 1 is 1.15 bits per heavy atom. The first-order valence-electron chi connectivity index (χ1n) is 5.53. The van der Waals surface area contributed by atoms with Crippen molar-refractivity contribution in [1.82, 2.24) is 0 Å². The van der Waals surface area contributed by atoms with Crippen molar-refractivity contribution in [3.8, 4) is 0 Å². The third-order valence-electron chi connectivity index (χ3n) is 2.46. The first-order chi connectivity index (χ1) is 6.35. The lowest BCUT2D eigenvalue weighted by Gasteiger charge is -2.05. The zero-order chi connectivity index (χ0) is 9.94. The highest BCUT2D eigenvalue weighted by molar-refractivity contribution is 6.71. The Morgan fingerprint density at radius 2 is 1.77 bits per heavy atom. The van der Waals surface area contributed by atoms with Crippen molar-refractivity contribution < 1.29 is 0 Å². The average molecular weight is 219 g/mol. The van der Waals surface area contributed by atoms with Gasteiger partial charge < -0.3 is 0 Å². The lowest BCUT2D eigenvalue weighted by atomic mass is 10.1. The van der Waals surface area contributed by atoms with E-state index in [1.165, 1.54) is 44.6 Å². The van der Waals surface area contributed by atoms with Gasteiger partial charge in [-0.15, -0.1) is 23.9 Å². The Morgan fingerprint density at radius 3 is 2.31 bits per heavy atom. The van der Waals surface area contributed by atoms with Crippen LogP contribution < -0.4 is 0 Å². The highest BCUT2D eigenvalue weighted by Gasteiger charge is 2.02. The number of rotatable bonds is 9. The van der Waals surface area contributed by atoms with Gasteiger partial charge in [0.05, 0.1) is 8.80 Å². The summed E-state index contributed by atoms with van der Waals surface area (Å²) in [5.41, 5.74) is 3.00. The lowest BCUT2D eigenvalue weighted by molar-refractivity contribution is 0.623. The van der Waals surface area contributed by atoms with Crippen molar-refractivity contribution in [1.29, 1.82) is 0 Å². The fourth-order valence-corrected chi connectivity index (χ4v) is 3.61. The quantitative estimate of drug-likeness (QED) is 0.311. The maximum atomic E-state index is 5.82. The molecule has 0 fully saturated rings. The van der Waals surface area contributed by atoms with Gasteiger partial charge in [-0.1, -0.05) is 51.5 Å². The van der Waals surface area contributed by atoms with Gasteiger partial charge in [0, 0.05) is 5.50 Å². The number of alkyl halides is 1. The molecule has 0 aromatic rings. The SMILES string of the molecule is C=C[SiH](CCl)CCCCCCCC. The predicted molar refractivity (Wildman–Crippen MR) is 66.2 cm³/mol. The predicted octanol–water partition coefficient (Wildman–Crippen LogP) is 4.08. The molecule has 0 aromatic heterocycles. The molecule has 0 aromatic carbocycles. The second-order valence-corrected chi connectivity index (χ2v) is 7.51. The van der Waals surface area contributed by atoms with Crippen LogP contribution in [0.3, 0.4) is 0 Å². The van der Waals surface area contributed by atoms with Crippen molar-refractivity contribution in [2.75, 3.05) is 5.50 Å². The van der Waals surface area contributed by atoms with E-state index in [0.29, 0.717) is 0 Å². The summed E-state index contributed by atoms with van der Waals surface area (Å²) in [4.78, 5) is 0. The molecular formula is C11H23ClSi. The maximum absolute atomic E-state index is 5.82. The first kappa shape index (κ1) is 13.2. The molecule has 0 saturated carbocycles. The molecule has 78 valence electrons. The minimum absolute atomic E-state index is 0.722. The van der Waals surface area contributed by atoms with Crippen LogP contribution in [0.1, 0.15) is 45.4 Å². The van der Waals surface area contributed by atoms with Crippen LogP contribution in [0.5, 0.6) is 0 Å². The van der Waals surface area contributed by atoms with Crippen LogP contribution in [0, 0.1) is 0 Å². The number of unbranched alkanes of at least 4 members (excludes halogenated alkanes) is 5. The fourth-order valence-electron chi connectivity index (χ4n) is 1.44. The molecule has 2 heteroatoms. The molecular weight excluding hydrogens is 196 g/mol. The zero-order valence-electron chi connectivity index (χ0n) is 8.90. The van der Waals surface area contributed by atoms with E-state index in [-0.39, 0.29) is 0 Å². The molecule has 0 aliphatic heterocycles. The maximum Gasteiger partial charge on any atom is 0.0768 e. The molecule has 1 atom stereocenters. The molecule has 0 radical (unpaired) electrons. The molecule has 0 bridgehead atoms. The van der Waals surface area contributed by atoms with E-state index in [2.05, 4.69) is 19.2 Å².